The molecule has 6 heteroatoms. The summed E-state index contributed by atoms with van der Waals surface area (Å²) in [5.41, 5.74) is -0.442. The third kappa shape index (κ3) is 5.60. The lowest BCUT2D eigenvalue weighted by molar-refractivity contribution is -0.134. The highest BCUT2D eigenvalue weighted by Gasteiger charge is 2.35. The highest BCUT2D eigenvalue weighted by Crippen LogP contribution is 2.24. The van der Waals surface area contributed by atoms with Gasteiger partial charge in [0.25, 0.3) is 0 Å². The lowest BCUT2D eigenvalue weighted by Crippen LogP contribution is -2.50. The predicted octanol–water partition coefficient (Wildman–Crippen LogP) is 3.11. The SMILES string of the molecule is CCCN(C(=O)CC)C1CCN(C2CCN(C(=O)OC(C)(C)C)C2)CC1. The Morgan fingerprint density at radius 2 is 1.73 bits per heavy atom. The zero-order valence-corrected chi connectivity index (χ0v) is 17.3. The van der Waals surface area contributed by atoms with Crippen LogP contribution in [0.5, 0.6) is 0 Å². The zero-order chi connectivity index (χ0) is 19.3. The van der Waals surface area contributed by atoms with Crippen molar-refractivity contribution in [2.24, 2.45) is 0 Å². The van der Waals surface area contributed by atoms with E-state index < -0.39 is 5.60 Å². The van der Waals surface area contributed by atoms with Crippen LogP contribution in [-0.4, -0.2) is 77.1 Å². The van der Waals surface area contributed by atoms with Crippen molar-refractivity contribution in [3.63, 3.8) is 0 Å². The summed E-state index contributed by atoms with van der Waals surface area (Å²) in [6, 6.07) is 0.798. The molecule has 2 heterocycles. The average Bonchev–Trinajstić information content (AvgIpc) is 3.08. The molecule has 0 aromatic heterocycles. The molecule has 0 saturated carbocycles. The highest BCUT2D eigenvalue weighted by molar-refractivity contribution is 5.76. The maximum Gasteiger partial charge on any atom is 0.410 e. The van der Waals surface area contributed by atoms with Gasteiger partial charge in [-0.3, -0.25) is 9.69 Å². The molecule has 2 saturated heterocycles. The Morgan fingerprint density at radius 3 is 2.27 bits per heavy atom. The molecule has 1 unspecified atom stereocenters. The third-order valence-corrected chi connectivity index (χ3v) is 5.36. The average molecular weight is 368 g/mol. The van der Waals surface area contributed by atoms with Crippen LogP contribution in [0.4, 0.5) is 4.79 Å². The van der Waals surface area contributed by atoms with Gasteiger partial charge in [0, 0.05) is 51.2 Å². The maximum absolute atomic E-state index is 12.3. The molecular weight excluding hydrogens is 330 g/mol. The first kappa shape index (κ1) is 21.0. The van der Waals surface area contributed by atoms with Crippen LogP contribution in [0.25, 0.3) is 0 Å². The summed E-state index contributed by atoms with van der Waals surface area (Å²) in [5, 5.41) is 0. The van der Waals surface area contributed by atoms with E-state index in [0.29, 0.717) is 18.5 Å². The van der Waals surface area contributed by atoms with Gasteiger partial charge in [-0.2, -0.15) is 0 Å². The van der Waals surface area contributed by atoms with Crippen molar-refractivity contribution in [3.05, 3.63) is 0 Å². The molecular formula is C20H37N3O3. The molecule has 2 aliphatic rings. The van der Waals surface area contributed by atoms with Crippen LogP contribution in [-0.2, 0) is 9.53 Å². The van der Waals surface area contributed by atoms with Crippen LogP contribution in [0.3, 0.4) is 0 Å². The number of carbonyl (C=O) groups is 2. The second-order valence-electron chi connectivity index (χ2n) is 8.58. The van der Waals surface area contributed by atoms with E-state index in [-0.39, 0.29) is 12.0 Å². The summed E-state index contributed by atoms with van der Waals surface area (Å²) in [4.78, 5) is 30.9. The Hall–Kier alpha value is -1.30. The van der Waals surface area contributed by atoms with Crippen LogP contribution < -0.4 is 0 Å². The molecule has 1 atom stereocenters. The van der Waals surface area contributed by atoms with Crippen LogP contribution >= 0.6 is 0 Å². The fraction of sp³-hybridized carbons (Fsp3) is 0.900. The molecule has 26 heavy (non-hydrogen) atoms. The van der Waals surface area contributed by atoms with Gasteiger partial charge < -0.3 is 14.5 Å². The molecule has 0 spiro atoms. The molecule has 2 aliphatic heterocycles. The van der Waals surface area contributed by atoms with Crippen LogP contribution in [0.2, 0.25) is 0 Å². The standard InChI is InChI=1S/C20H37N3O3/c1-6-11-23(18(24)7-2)16-8-12-21(13-9-16)17-10-14-22(15-17)19(25)26-20(3,4)5/h16-17H,6-15H2,1-5H3. The molecule has 150 valence electrons. The van der Waals surface area contributed by atoms with Gasteiger partial charge in [-0.05, 0) is 46.5 Å². The van der Waals surface area contributed by atoms with Gasteiger partial charge in [-0.15, -0.1) is 0 Å². The minimum Gasteiger partial charge on any atom is -0.444 e. The normalized spacial score (nSPS) is 22.5. The van der Waals surface area contributed by atoms with E-state index in [9.17, 15) is 9.59 Å². The van der Waals surface area contributed by atoms with Crippen molar-refractivity contribution in [1.82, 2.24) is 14.7 Å². The minimum atomic E-state index is -0.442. The summed E-state index contributed by atoms with van der Waals surface area (Å²) >= 11 is 0. The van der Waals surface area contributed by atoms with Crippen molar-refractivity contribution < 1.29 is 14.3 Å². The Bertz CT molecular complexity index is 481. The minimum absolute atomic E-state index is 0.197. The topological polar surface area (TPSA) is 53.1 Å². The zero-order valence-electron chi connectivity index (χ0n) is 17.3. The molecule has 2 amide bonds. The number of carbonyl (C=O) groups excluding carboxylic acids is 2. The lowest BCUT2D eigenvalue weighted by atomic mass is 10.0. The van der Waals surface area contributed by atoms with E-state index in [1.54, 1.807) is 0 Å². The van der Waals surface area contributed by atoms with Crippen molar-refractivity contribution in [2.75, 3.05) is 32.7 Å². The van der Waals surface area contributed by atoms with Crippen LogP contribution in [0, 0.1) is 0 Å². The number of nitrogens with zero attached hydrogens (tertiary/aromatic N) is 3. The van der Waals surface area contributed by atoms with E-state index in [2.05, 4.69) is 16.7 Å². The van der Waals surface area contributed by atoms with E-state index in [4.69, 9.17) is 4.74 Å². The van der Waals surface area contributed by atoms with Gasteiger partial charge in [0.2, 0.25) is 5.91 Å². The lowest BCUT2D eigenvalue weighted by Gasteiger charge is -2.40. The fourth-order valence-electron chi connectivity index (χ4n) is 4.05. The second-order valence-corrected chi connectivity index (χ2v) is 8.58. The molecule has 0 aromatic carbocycles. The Morgan fingerprint density at radius 1 is 1.08 bits per heavy atom. The highest BCUT2D eigenvalue weighted by atomic mass is 16.6. The Labute approximate surface area is 158 Å². The second kappa shape index (κ2) is 9.07. The first-order valence-corrected chi connectivity index (χ1v) is 10.3. The number of hydrogen-bond donors (Lipinski definition) is 0. The number of rotatable bonds is 5. The Kier molecular flexibility index (Phi) is 7.33. The van der Waals surface area contributed by atoms with Crippen molar-refractivity contribution >= 4 is 12.0 Å². The quantitative estimate of drug-likeness (QED) is 0.749. The van der Waals surface area contributed by atoms with Crippen LogP contribution in [0.15, 0.2) is 0 Å². The largest absolute Gasteiger partial charge is 0.444 e. The fourth-order valence-corrected chi connectivity index (χ4v) is 4.05. The van der Waals surface area contributed by atoms with Gasteiger partial charge in [-0.1, -0.05) is 13.8 Å². The summed E-state index contributed by atoms with van der Waals surface area (Å²) in [6.07, 6.45) is 4.49. The van der Waals surface area contributed by atoms with Crippen molar-refractivity contribution in [3.8, 4) is 0 Å². The van der Waals surface area contributed by atoms with Gasteiger partial charge in [0.15, 0.2) is 0 Å². The van der Waals surface area contributed by atoms with Crippen molar-refractivity contribution in [1.29, 1.82) is 0 Å². The van der Waals surface area contributed by atoms with E-state index in [1.165, 1.54) is 0 Å². The van der Waals surface area contributed by atoms with E-state index >= 15 is 0 Å². The molecule has 0 radical (unpaired) electrons. The maximum atomic E-state index is 12.3. The summed E-state index contributed by atoms with van der Waals surface area (Å²) in [5.74, 6) is 0.280. The van der Waals surface area contributed by atoms with E-state index in [1.807, 2.05) is 32.6 Å². The number of likely N-dealkylation sites (tertiary alicyclic amines) is 2. The van der Waals surface area contributed by atoms with Gasteiger partial charge in [-0.25, -0.2) is 4.79 Å². The molecule has 0 aliphatic carbocycles. The smallest absolute Gasteiger partial charge is 0.410 e. The van der Waals surface area contributed by atoms with Crippen molar-refractivity contribution in [2.45, 2.75) is 84.4 Å². The third-order valence-electron chi connectivity index (χ3n) is 5.36. The predicted molar refractivity (Wildman–Crippen MR) is 103 cm³/mol. The molecule has 6 nitrogen and oxygen atoms in total. The van der Waals surface area contributed by atoms with E-state index in [0.717, 1.165) is 58.4 Å². The molecule has 0 bridgehead atoms. The molecule has 2 rings (SSSR count). The molecule has 2 fully saturated rings. The monoisotopic (exact) mass is 367 g/mol. The first-order valence-electron chi connectivity index (χ1n) is 10.3. The number of piperidine rings is 1. The summed E-state index contributed by atoms with van der Waals surface area (Å²) in [6.45, 7) is 14.2. The summed E-state index contributed by atoms with van der Waals surface area (Å²) < 4.78 is 5.50. The number of amides is 2. The number of ether oxygens (including phenoxy) is 1. The van der Waals surface area contributed by atoms with Gasteiger partial charge >= 0.3 is 6.09 Å². The molecule has 0 N–H and O–H groups in total. The Balaban J connectivity index is 1.83. The van der Waals surface area contributed by atoms with Crippen LogP contribution in [0.1, 0.15) is 66.7 Å². The van der Waals surface area contributed by atoms with Gasteiger partial charge in [0.1, 0.15) is 5.60 Å². The first-order chi connectivity index (χ1) is 12.2. The number of hydrogen-bond acceptors (Lipinski definition) is 4. The molecule has 0 aromatic rings. The summed E-state index contributed by atoms with van der Waals surface area (Å²) in [7, 11) is 0. The van der Waals surface area contributed by atoms with Gasteiger partial charge in [0.05, 0.1) is 0 Å².